The summed E-state index contributed by atoms with van der Waals surface area (Å²) in [5.74, 6) is 1.06. The quantitative estimate of drug-likeness (QED) is 0.858. The van der Waals surface area contributed by atoms with Crippen LogP contribution in [0, 0.1) is 0 Å². The van der Waals surface area contributed by atoms with Gasteiger partial charge in [0.05, 0.1) is 18.8 Å². The van der Waals surface area contributed by atoms with Crippen LogP contribution in [0.25, 0.3) is 0 Å². The maximum Gasteiger partial charge on any atom is 0.241 e. The zero-order valence-electron chi connectivity index (χ0n) is 14.0. The van der Waals surface area contributed by atoms with E-state index in [9.17, 15) is 9.59 Å². The van der Waals surface area contributed by atoms with E-state index in [0.717, 1.165) is 49.1 Å². The van der Waals surface area contributed by atoms with E-state index in [1.165, 1.54) is 0 Å². The first-order valence-corrected chi connectivity index (χ1v) is 9.33. The molecule has 0 bridgehead atoms. The summed E-state index contributed by atoms with van der Waals surface area (Å²) in [6.45, 7) is 4.45. The molecular formula is C17H24N4O2S. The van der Waals surface area contributed by atoms with Crippen LogP contribution in [0.5, 0.6) is 0 Å². The van der Waals surface area contributed by atoms with Crippen LogP contribution in [-0.2, 0) is 9.59 Å². The molecule has 0 aliphatic carbocycles. The maximum atomic E-state index is 12.7. The van der Waals surface area contributed by atoms with E-state index < -0.39 is 0 Å². The van der Waals surface area contributed by atoms with Crippen LogP contribution in [0.1, 0.15) is 0 Å². The molecule has 2 heterocycles. The number of likely N-dealkylation sites (N-methyl/N-ethyl adjacent to an activating group) is 1. The Morgan fingerprint density at radius 3 is 2.62 bits per heavy atom. The molecule has 1 aromatic rings. The average Bonchev–Trinajstić information content (AvgIpc) is 2.61. The first kappa shape index (κ1) is 17.3. The predicted octanol–water partition coefficient (Wildman–Crippen LogP) is 0.489. The zero-order chi connectivity index (χ0) is 16.9. The Labute approximate surface area is 147 Å². The molecule has 1 N–H and O–H groups in total. The van der Waals surface area contributed by atoms with Gasteiger partial charge >= 0.3 is 0 Å². The third-order valence-electron chi connectivity index (χ3n) is 4.31. The number of hydrogen-bond acceptors (Lipinski definition) is 5. The van der Waals surface area contributed by atoms with Crippen molar-refractivity contribution in [2.45, 2.75) is 4.90 Å². The summed E-state index contributed by atoms with van der Waals surface area (Å²) >= 11 is 1.78. The summed E-state index contributed by atoms with van der Waals surface area (Å²) in [5, 5.41) is 3.24. The van der Waals surface area contributed by atoms with Gasteiger partial charge in [-0.2, -0.15) is 0 Å². The molecule has 0 atom stereocenters. The zero-order valence-corrected chi connectivity index (χ0v) is 14.8. The largest absolute Gasteiger partial charge is 0.339 e. The fourth-order valence-corrected chi connectivity index (χ4v) is 4.04. The fraction of sp³-hybridized carbons (Fsp3) is 0.529. The van der Waals surface area contributed by atoms with Gasteiger partial charge in [-0.05, 0) is 19.2 Å². The molecule has 2 aliphatic rings. The van der Waals surface area contributed by atoms with Crippen molar-refractivity contribution in [2.24, 2.45) is 0 Å². The SMILES string of the molecule is CN(CC(=O)N1CCNCC1)CC(=O)N1CCSc2ccccc21. The van der Waals surface area contributed by atoms with Gasteiger partial charge in [0.15, 0.2) is 0 Å². The molecule has 0 saturated carbocycles. The van der Waals surface area contributed by atoms with Crippen LogP contribution in [0.3, 0.4) is 0 Å². The fourth-order valence-electron chi connectivity index (χ4n) is 3.05. The van der Waals surface area contributed by atoms with E-state index in [-0.39, 0.29) is 24.9 Å². The Bertz CT molecular complexity index is 604. The molecule has 7 heteroatoms. The Kier molecular flexibility index (Phi) is 5.76. The first-order valence-electron chi connectivity index (χ1n) is 8.34. The number of fused-ring (bicyclic) bond motifs is 1. The minimum atomic E-state index is 0.0540. The highest BCUT2D eigenvalue weighted by atomic mass is 32.2. The highest BCUT2D eigenvalue weighted by molar-refractivity contribution is 7.99. The van der Waals surface area contributed by atoms with Crippen molar-refractivity contribution < 1.29 is 9.59 Å². The van der Waals surface area contributed by atoms with Crippen molar-refractivity contribution in [1.82, 2.24) is 15.1 Å². The van der Waals surface area contributed by atoms with Crippen molar-refractivity contribution in [2.75, 3.05) is 63.5 Å². The lowest BCUT2D eigenvalue weighted by atomic mass is 10.2. The molecule has 1 saturated heterocycles. The Balaban J connectivity index is 1.56. The minimum absolute atomic E-state index is 0.0540. The number of carbonyl (C=O) groups is 2. The highest BCUT2D eigenvalue weighted by Gasteiger charge is 2.24. The van der Waals surface area contributed by atoms with Crippen molar-refractivity contribution >= 4 is 29.3 Å². The van der Waals surface area contributed by atoms with Crippen LogP contribution < -0.4 is 10.2 Å². The van der Waals surface area contributed by atoms with Gasteiger partial charge in [-0.15, -0.1) is 11.8 Å². The first-order chi connectivity index (χ1) is 11.6. The third kappa shape index (κ3) is 4.09. The van der Waals surface area contributed by atoms with Crippen LogP contribution in [0.2, 0.25) is 0 Å². The summed E-state index contributed by atoms with van der Waals surface area (Å²) in [4.78, 5) is 31.6. The number of anilines is 1. The van der Waals surface area contributed by atoms with E-state index >= 15 is 0 Å². The second-order valence-corrected chi connectivity index (χ2v) is 7.30. The molecule has 0 spiro atoms. The summed E-state index contributed by atoms with van der Waals surface area (Å²) < 4.78 is 0. The van der Waals surface area contributed by atoms with Gasteiger partial charge in [-0.1, -0.05) is 12.1 Å². The standard InChI is InChI=1S/C17H24N4O2S/c1-19(12-16(22)20-8-6-18-7-9-20)13-17(23)21-10-11-24-15-5-3-2-4-14(15)21/h2-5,18H,6-13H2,1H3. The summed E-state index contributed by atoms with van der Waals surface area (Å²) in [5.41, 5.74) is 0.987. The number of amides is 2. The number of rotatable bonds is 4. The van der Waals surface area contributed by atoms with Crippen molar-refractivity contribution in [1.29, 1.82) is 0 Å². The molecule has 2 amide bonds. The molecule has 0 aromatic heterocycles. The van der Waals surface area contributed by atoms with Crippen LogP contribution in [0.15, 0.2) is 29.2 Å². The van der Waals surface area contributed by atoms with Gasteiger partial charge in [0.25, 0.3) is 0 Å². The van der Waals surface area contributed by atoms with Crippen molar-refractivity contribution in [3.8, 4) is 0 Å². The number of piperazine rings is 1. The number of benzene rings is 1. The third-order valence-corrected chi connectivity index (χ3v) is 5.35. The summed E-state index contributed by atoms with van der Waals surface area (Å²) in [7, 11) is 1.84. The van der Waals surface area contributed by atoms with Crippen LogP contribution >= 0.6 is 11.8 Å². The van der Waals surface area contributed by atoms with Gasteiger partial charge in [-0.3, -0.25) is 14.5 Å². The smallest absolute Gasteiger partial charge is 0.241 e. The van der Waals surface area contributed by atoms with Crippen molar-refractivity contribution in [3.05, 3.63) is 24.3 Å². The number of para-hydroxylation sites is 1. The number of nitrogens with zero attached hydrogens (tertiary/aromatic N) is 3. The average molecular weight is 348 g/mol. The molecule has 0 radical (unpaired) electrons. The molecule has 6 nitrogen and oxygen atoms in total. The monoisotopic (exact) mass is 348 g/mol. The van der Waals surface area contributed by atoms with Crippen molar-refractivity contribution in [3.63, 3.8) is 0 Å². The molecule has 1 aromatic carbocycles. The predicted molar refractivity (Wildman–Crippen MR) is 96.5 cm³/mol. The van der Waals surface area contributed by atoms with Gasteiger partial charge < -0.3 is 15.1 Å². The Morgan fingerprint density at radius 2 is 1.83 bits per heavy atom. The highest BCUT2D eigenvalue weighted by Crippen LogP contribution is 2.34. The minimum Gasteiger partial charge on any atom is -0.339 e. The van der Waals surface area contributed by atoms with Gasteiger partial charge in [0.1, 0.15) is 0 Å². The second-order valence-electron chi connectivity index (χ2n) is 6.16. The number of hydrogen-bond donors (Lipinski definition) is 1. The molecular weight excluding hydrogens is 324 g/mol. The van der Waals surface area contributed by atoms with E-state index in [1.54, 1.807) is 11.8 Å². The number of carbonyl (C=O) groups excluding carboxylic acids is 2. The normalized spacial score (nSPS) is 17.8. The van der Waals surface area contributed by atoms with Crippen LogP contribution in [-0.4, -0.2) is 80.2 Å². The van der Waals surface area contributed by atoms with Gasteiger partial charge in [0.2, 0.25) is 11.8 Å². The second kappa shape index (κ2) is 8.00. The number of nitrogens with one attached hydrogen (secondary N) is 1. The van der Waals surface area contributed by atoms with E-state index in [4.69, 9.17) is 0 Å². The molecule has 0 unspecified atom stereocenters. The summed E-state index contributed by atoms with van der Waals surface area (Å²) in [6, 6.07) is 8.00. The molecule has 1 fully saturated rings. The molecule has 130 valence electrons. The van der Waals surface area contributed by atoms with Gasteiger partial charge in [-0.25, -0.2) is 0 Å². The lowest BCUT2D eigenvalue weighted by molar-refractivity contribution is -0.133. The number of thioether (sulfide) groups is 1. The maximum absolute atomic E-state index is 12.7. The Morgan fingerprint density at radius 1 is 1.12 bits per heavy atom. The lowest BCUT2D eigenvalue weighted by Crippen LogP contribution is -2.50. The van der Waals surface area contributed by atoms with Crippen LogP contribution in [0.4, 0.5) is 5.69 Å². The molecule has 24 heavy (non-hydrogen) atoms. The summed E-state index contributed by atoms with van der Waals surface area (Å²) in [6.07, 6.45) is 0. The van der Waals surface area contributed by atoms with E-state index in [0.29, 0.717) is 0 Å². The molecule has 2 aliphatic heterocycles. The van der Waals surface area contributed by atoms with Gasteiger partial charge in [0, 0.05) is 43.4 Å². The molecule has 3 rings (SSSR count). The van der Waals surface area contributed by atoms with E-state index in [1.807, 2.05) is 39.9 Å². The Hall–Kier alpha value is -1.57. The van der Waals surface area contributed by atoms with E-state index in [2.05, 4.69) is 11.4 Å². The lowest BCUT2D eigenvalue weighted by Gasteiger charge is -2.31. The topological polar surface area (TPSA) is 55.9 Å².